The van der Waals surface area contributed by atoms with Crippen molar-refractivity contribution in [2.75, 3.05) is 0 Å². The Kier molecular flexibility index (Phi) is 3.52. The number of phenolic OH excluding ortho intramolecular Hbond substituents is 1. The second-order valence-electron chi connectivity index (χ2n) is 4.88. The molecular weight excluding hydrogens is 269 g/mol. The van der Waals surface area contributed by atoms with Crippen LogP contribution < -0.4 is 4.74 Å². The lowest BCUT2D eigenvalue weighted by atomic mass is 10.2. The minimum absolute atomic E-state index is 0.251. The smallest absolute Gasteiger partial charge is 0.123 e. The summed E-state index contributed by atoms with van der Waals surface area (Å²) in [6, 6.07) is 11.3. The van der Waals surface area contributed by atoms with Crippen molar-refractivity contribution in [3.05, 3.63) is 60.0 Å². The Hall–Kier alpha value is -2.49. The summed E-state index contributed by atoms with van der Waals surface area (Å²) in [5, 5.41) is 10.7. The average Bonchev–Trinajstić information content (AvgIpc) is 2.84. The Morgan fingerprint density at radius 1 is 1.14 bits per heavy atom. The normalized spacial score (nSPS) is 11.0. The topological polar surface area (TPSA) is 34.4 Å². The number of aryl methyl sites for hydroxylation is 1. The fraction of sp³-hybridized carbons (Fsp3) is 0.176. The molecule has 1 N–H and O–H groups in total. The first-order valence-electron chi connectivity index (χ1n) is 6.86. The molecule has 0 amide bonds. The molecule has 21 heavy (non-hydrogen) atoms. The van der Waals surface area contributed by atoms with E-state index >= 15 is 0 Å². The molecular formula is C17H16FNO2. The minimum Gasteiger partial charge on any atom is -0.508 e. The van der Waals surface area contributed by atoms with Gasteiger partial charge in [0, 0.05) is 29.8 Å². The van der Waals surface area contributed by atoms with E-state index in [0.717, 1.165) is 23.0 Å². The molecule has 0 aliphatic heterocycles. The van der Waals surface area contributed by atoms with Crippen LogP contribution in [0.4, 0.5) is 4.39 Å². The lowest BCUT2D eigenvalue weighted by Gasteiger charge is -2.05. The Morgan fingerprint density at radius 3 is 2.62 bits per heavy atom. The first-order chi connectivity index (χ1) is 10.2. The van der Waals surface area contributed by atoms with Gasteiger partial charge in [-0.25, -0.2) is 4.39 Å². The lowest BCUT2D eigenvalue weighted by Crippen LogP contribution is -1.95. The highest BCUT2D eigenvalue weighted by Crippen LogP contribution is 2.26. The minimum atomic E-state index is -0.277. The summed E-state index contributed by atoms with van der Waals surface area (Å²) >= 11 is 0. The number of nitrogens with zero attached hydrogens (tertiary/aromatic N) is 1. The first-order valence-corrected chi connectivity index (χ1v) is 6.86. The van der Waals surface area contributed by atoms with Crippen LogP contribution in [0.25, 0.3) is 10.9 Å². The van der Waals surface area contributed by atoms with Crippen LogP contribution in [0.15, 0.2) is 48.7 Å². The summed E-state index contributed by atoms with van der Waals surface area (Å²) in [6.07, 6.45) is 2.02. The number of hydrogen-bond acceptors (Lipinski definition) is 2. The molecule has 2 aromatic carbocycles. The quantitative estimate of drug-likeness (QED) is 0.783. The molecule has 1 aromatic heterocycles. The number of halogens is 1. The van der Waals surface area contributed by atoms with E-state index in [4.69, 9.17) is 4.74 Å². The predicted octanol–water partition coefficient (Wildman–Crippen LogP) is 4.08. The van der Waals surface area contributed by atoms with Crippen molar-refractivity contribution in [1.82, 2.24) is 4.57 Å². The van der Waals surface area contributed by atoms with Gasteiger partial charge in [0.25, 0.3) is 0 Å². The maximum atomic E-state index is 12.9. The second-order valence-corrected chi connectivity index (χ2v) is 4.88. The number of aromatic hydroxyl groups is 1. The maximum Gasteiger partial charge on any atom is 0.123 e. The largest absolute Gasteiger partial charge is 0.508 e. The van der Waals surface area contributed by atoms with Crippen molar-refractivity contribution in [1.29, 1.82) is 0 Å². The second kappa shape index (κ2) is 5.48. The van der Waals surface area contributed by atoms with E-state index in [0.29, 0.717) is 12.4 Å². The van der Waals surface area contributed by atoms with Crippen LogP contribution in [-0.2, 0) is 13.2 Å². The monoisotopic (exact) mass is 285 g/mol. The maximum absolute atomic E-state index is 12.9. The predicted molar refractivity (Wildman–Crippen MR) is 80.0 cm³/mol. The van der Waals surface area contributed by atoms with Gasteiger partial charge in [0.15, 0.2) is 0 Å². The van der Waals surface area contributed by atoms with E-state index in [1.807, 2.05) is 19.2 Å². The summed E-state index contributed by atoms with van der Waals surface area (Å²) in [6.45, 7) is 3.27. The van der Waals surface area contributed by atoms with Crippen molar-refractivity contribution in [2.45, 2.75) is 20.1 Å². The van der Waals surface area contributed by atoms with Gasteiger partial charge < -0.3 is 14.4 Å². The summed E-state index contributed by atoms with van der Waals surface area (Å²) in [7, 11) is 0. The van der Waals surface area contributed by atoms with Crippen LogP contribution in [0.1, 0.15) is 12.5 Å². The van der Waals surface area contributed by atoms with Crippen LogP contribution in [0.3, 0.4) is 0 Å². The van der Waals surface area contributed by atoms with Crippen LogP contribution in [0.2, 0.25) is 0 Å². The molecule has 0 saturated carbocycles. The van der Waals surface area contributed by atoms with E-state index in [1.165, 1.54) is 12.1 Å². The van der Waals surface area contributed by atoms with Crippen molar-refractivity contribution in [3.8, 4) is 11.5 Å². The van der Waals surface area contributed by atoms with Crippen LogP contribution in [-0.4, -0.2) is 9.67 Å². The third-order valence-corrected chi connectivity index (χ3v) is 3.50. The molecule has 0 atom stereocenters. The molecule has 0 unspecified atom stereocenters. The van der Waals surface area contributed by atoms with Gasteiger partial charge >= 0.3 is 0 Å². The zero-order valence-electron chi connectivity index (χ0n) is 11.7. The van der Waals surface area contributed by atoms with E-state index in [-0.39, 0.29) is 11.6 Å². The molecule has 4 heteroatoms. The Balaban J connectivity index is 1.88. The fourth-order valence-electron chi connectivity index (χ4n) is 2.42. The van der Waals surface area contributed by atoms with E-state index in [9.17, 15) is 9.50 Å². The van der Waals surface area contributed by atoms with Crippen LogP contribution in [0.5, 0.6) is 11.5 Å². The van der Waals surface area contributed by atoms with Gasteiger partial charge in [0.1, 0.15) is 23.9 Å². The van der Waals surface area contributed by atoms with Crippen molar-refractivity contribution >= 4 is 10.9 Å². The van der Waals surface area contributed by atoms with Gasteiger partial charge in [-0.3, -0.25) is 0 Å². The number of fused-ring (bicyclic) bond motifs is 1. The molecule has 0 radical (unpaired) electrons. The highest BCUT2D eigenvalue weighted by Gasteiger charge is 2.09. The van der Waals surface area contributed by atoms with Gasteiger partial charge in [-0.05, 0) is 43.3 Å². The Morgan fingerprint density at radius 2 is 1.90 bits per heavy atom. The molecule has 108 valence electrons. The number of benzene rings is 2. The van der Waals surface area contributed by atoms with Crippen LogP contribution >= 0.6 is 0 Å². The van der Waals surface area contributed by atoms with Crippen molar-refractivity contribution in [3.63, 3.8) is 0 Å². The average molecular weight is 285 g/mol. The number of rotatable bonds is 4. The van der Waals surface area contributed by atoms with Gasteiger partial charge in [0.05, 0.1) is 5.52 Å². The van der Waals surface area contributed by atoms with Crippen LogP contribution in [0, 0.1) is 5.82 Å². The molecule has 0 aliphatic carbocycles. The van der Waals surface area contributed by atoms with Gasteiger partial charge in [-0.1, -0.05) is 0 Å². The number of ether oxygens (including phenoxy) is 1. The van der Waals surface area contributed by atoms with Crippen molar-refractivity contribution < 1.29 is 14.2 Å². The van der Waals surface area contributed by atoms with Gasteiger partial charge in [-0.15, -0.1) is 0 Å². The lowest BCUT2D eigenvalue weighted by molar-refractivity contribution is 0.307. The van der Waals surface area contributed by atoms with E-state index < -0.39 is 0 Å². The molecule has 3 rings (SSSR count). The standard InChI is InChI=1S/C17H16FNO2/c1-2-19-10-12(16-8-5-14(20)9-17(16)19)11-21-15-6-3-13(18)4-7-15/h3-10,20H,2,11H2,1H3. The molecule has 0 spiro atoms. The summed E-state index contributed by atoms with van der Waals surface area (Å²) < 4.78 is 20.6. The fourth-order valence-corrected chi connectivity index (χ4v) is 2.42. The molecule has 1 heterocycles. The molecule has 3 nitrogen and oxygen atoms in total. The highest BCUT2D eigenvalue weighted by molar-refractivity contribution is 5.85. The number of hydrogen-bond donors (Lipinski definition) is 1. The molecule has 0 fully saturated rings. The summed E-state index contributed by atoms with van der Waals surface area (Å²) in [4.78, 5) is 0. The zero-order valence-corrected chi connectivity index (χ0v) is 11.7. The Labute approximate surface area is 122 Å². The van der Waals surface area contributed by atoms with Gasteiger partial charge in [0.2, 0.25) is 0 Å². The SMILES string of the molecule is CCn1cc(COc2ccc(F)cc2)c2ccc(O)cc21. The highest BCUT2D eigenvalue weighted by atomic mass is 19.1. The molecule has 0 bridgehead atoms. The summed E-state index contributed by atoms with van der Waals surface area (Å²) in [5.41, 5.74) is 2.02. The third kappa shape index (κ3) is 2.70. The number of aromatic nitrogens is 1. The zero-order chi connectivity index (χ0) is 14.8. The first kappa shape index (κ1) is 13.5. The molecule has 3 aromatic rings. The molecule has 0 saturated heterocycles. The van der Waals surface area contributed by atoms with E-state index in [2.05, 4.69) is 4.57 Å². The van der Waals surface area contributed by atoms with Gasteiger partial charge in [-0.2, -0.15) is 0 Å². The number of phenols is 1. The molecule has 0 aliphatic rings. The third-order valence-electron chi connectivity index (χ3n) is 3.50. The van der Waals surface area contributed by atoms with Crippen molar-refractivity contribution in [2.24, 2.45) is 0 Å². The summed E-state index contributed by atoms with van der Waals surface area (Å²) in [5.74, 6) is 0.606. The van der Waals surface area contributed by atoms with E-state index in [1.54, 1.807) is 24.3 Å². The Bertz CT molecular complexity index is 762.